The van der Waals surface area contributed by atoms with Gasteiger partial charge in [-0.1, -0.05) is 0 Å². The van der Waals surface area contributed by atoms with Crippen LogP contribution in [0.4, 0.5) is 0 Å². The van der Waals surface area contributed by atoms with Crippen LogP contribution in [0.5, 0.6) is 0 Å². The molecule has 3 nitrogen and oxygen atoms in total. The predicted molar refractivity (Wildman–Crippen MR) is 36.6 cm³/mol. The van der Waals surface area contributed by atoms with Crippen molar-refractivity contribution < 1.29 is 14.6 Å². The molecule has 1 rings (SSSR count). The summed E-state index contributed by atoms with van der Waals surface area (Å²) in [4.78, 5) is 0. The molecular weight excluding hydrogens is 132 g/mol. The normalized spacial score (nSPS) is 40.5. The van der Waals surface area contributed by atoms with E-state index >= 15 is 0 Å². The maximum Gasteiger partial charge on any atom is 0.181 e. The summed E-state index contributed by atoms with van der Waals surface area (Å²) in [7, 11) is 0. The lowest BCUT2D eigenvalue weighted by Crippen LogP contribution is -2.23. The average Bonchev–Trinajstić information content (AvgIpc) is 2.13. The standard InChI is InChI=1S/C7H14O3/c1-3-9-6-4-5(2)10-7(6)8/h5-8H,3-4H2,1-2H3. The largest absolute Gasteiger partial charge is 0.373 e. The molecule has 1 fully saturated rings. The van der Waals surface area contributed by atoms with Gasteiger partial charge in [-0.2, -0.15) is 0 Å². The molecule has 3 unspecified atom stereocenters. The van der Waals surface area contributed by atoms with Gasteiger partial charge in [0.1, 0.15) is 6.10 Å². The predicted octanol–water partition coefficient (Wildman–Crippen LogP) is 0.519. The molecule has 3 heteroatoms. The van der Waals surface area contributed by atoms with Gasteiger partial charge >= 0.3 is 0 Å². The van der Waals surface area contributed by atoms with E-state index in [2.05, 4.69) is 0 Å². The van der Waals surface area contributed by atoms with Gasteiger partial charge in [0.05, 0.1) is 6.10 Å². The highest BCUT2D eigenvalue weighted by Gasteiger charge is 2.31. The molecule has 0 amide bonds. The molecule has 0 aromatic carbocycles. The van der Waals surface area contributed by atoms with Crippen LogP contribution in [-0.4, -0.2) is 30.2 Å². The van der Waals surface area contributed by atoms with Crippen LogP contribution >= 0.6 is 0 Å². The molecule has 0 aromatic heterocycles. The molecule has 10 heavy (non-hydrogen) atoms. The molecule has 0 saturated carbocycles. The number of rotatable bonds is 2. The zero-order chi connectivity index (χ0) is 7.56. The lowest BCUT2D eigenvalue weighted by Gasteiger charge is -2.11. The number of hydrogen-bond donors (Lipinski definition) is 1. The van der Waals surface area contributed by atoms with E-state index in [4.69, 9.17) is 14.6 Å². The molecule has 0 aromatic rings. The third kappa shape index (κ3) is 1.68. The maximum absolute atomic E-state index is 9.14. The number of hydrogen-bond acceptors (Lipinski definition) is 3. The number of ether oxygens (including phenoxy) is 2. The number of aliphatic hydroxyl groups is 1. The quantitative estimate of drug-likeness (QED) is 0.617. The van der Waals surface area contributed by atoms with Crippen molar-refractivity contribution in [2.45, 2.75) is 38.8 Å². The van der Waals surface area contributed by atoms with E-state index in [1.54, 1.807) is 0 Å². The molecule has 1 saturated heterocycles. The van der Waals surface area contributed by atoms with E-state index in [-0.39, 0.29) is 12.2 Å². The summed E-state index contributed by atoms with van der Waals surface area (Å²) >= 11 is 0. The minimum Gasteiger partial charge on any atom is -0.373 e. The van der Waals surface area contributed by atoms with Crippen molar-refractivity contribution in [1.82, 2.24) is 0 Å². The molecule has 1 heterocycles. The van der Waals surface area contributed by atoms with Gasteiger partial charge in [-0.05, 0) is 13.8 Å². The molecular formula is C7H14O3. The van der Waals surface area contributed by atoms with Gasteiger partial charge in [0, 0.05) is 13.0 Å². The molecule has 0 spiro atoms. The molecule has 1 aliphatic heterocycles. The van der Waals surface area contributed by atoms with Crippen molar-refractivity contribution in [2.24, 2.45) is 0 Å². The van der Waals surface area contributed by atoms with E-state index < -0.39 is 6.29 Å². The number of aliphatic hydroxyl groups excluding tert-OH is 1. The highest BCUT2D eigenvalue weighted by molar-refractivity contribution is 4.73. The first kappa shape index (κ1) is 7.98. The molecule has 1 aliphatic rings. The second kappa shape index (κ2) is 3.32. The van der Waals surface area contributed by atoms with Gasteiger partial charge in [-0.15, -0.1) is 0 Å². The zero-order valence-corrected chi connectivity index (χ0v) is 6.41. The minimum atomic E-state index is -0.713. The van der Waals surface area contributed by atoms with Gasteiger partial charge in [-0.25, -0.2) is 0 Å². The summed E-state index contributed by atoms with van der Waals surface area (Å²) in [6.45, 7) is 4.48. The maximum atomic E-state index is 9.14. The van der Waals surface area contributed by atoms with Crippen LogP contribution in [0.3, 0.4) is 0 Å². The van der Waals surface area contributed by atoms with Gasteiger partial charge in [0.15, 0.2) is 6.29 Å². The van der Waals surface area contributed by atoms with E-state index in [0.717, 1.165) is 6.42 Å². The highest BCUT2D eigenvalue weighted by Crippen LogP contribution is 2.20. The van der Waals surface area contributed by atoms with Crippen LogP contribution in [0.1, 0.15) is 20.3 Å². The first-order chi connectivity index (χ1) is 4.74. The van der Waals surface area contributed by atoms with Crippen molar-refractivity contribution in [2.75, 3.05) is 6.61 Å². The smallest absolute Gasteiger partial charge is 0.181 e. The van der Waals surface area contributed by atoms with Gasteiger partial charge < -0.3 is 14.6 Å². The summed E-state index contributed by atoms with van der Waals surface area (Å²) in [6.07, 6.45) is 0.108. The fourth-order valence-electron chi connectivity index (χ4n) is 1.19. The monoisotopic (exact) mass is 146 g/mol. The third-order valence-corrected chi connectivity index (χ3v) is 1.63. The summed E-state index contributed by atoms with van der Waals surface area (Å²) in [5, 5.41) is 9.14. The molecule has 0 bridgehead atoms. The zero-order valence-electron chi connectivity index (χ0n) is 6.41. The molecule has 0 radical (unpaired) electrons. The third-order valence-electron chi connectivity index (χ3n) is 1.63. The summed E-state index contributed by atoms with van der Waals surface area (Å²) < 4.78 is 10.3. The minimum absolute atomic E-state index is 0.111. The Morgan fingerprint density at radius 1 is 1.70 bits per heavy atom. The Morgan fingerprint density at radius 3 is 2.80 bits per heavy atom. The Hall–Kier alpha value is -0.120. The first-order valence-electron chi connectivity index (χ1n) is 3.69. The molecule has 1 N–H and O–H groups in total. The Kier molecular flexibility index (Phi) is 2.65. The van der Waals surface area contributed by atoms with Gasteiger partial charge in [-0.3, -0.25) is 0 Å². The average molecular weight is 146 g/mol. The SMILES string of the molecule is CCOC1CC(C)OC1O. The van der Waals surface area contributed by atoms with Crippen LogP contribution < -0.4 is 0 Å². The molecule has 60 valence electrons. The fraction of sp³-hybridized carbons (Fsp3) is 1.00. The van der Waals surface area contributed by atoms with Crippen molar-refractivity contribution in [3.8, 4) is 0 Å². The summed E-state index contributed by atoms with van der Waals surface area (Å²) in [6, 6.07) is 0. The van der Waals surface area contributed by atoms with Crippen molar-refractivity contribution >= 4 is 0 Å². The van der Waals surface area contributed by atoms with Crippen LogP contribution in [0, 0.1) is 0 Å². The second-order valence-corrected chi connectivity index (χ2v) is 2.57. The van der Waals surface area contributed by atoms with Crippen LogP contribution in [0.25, 0.3) is 0 Å². The van der Waals surface area contributed by atoms with E-state index in [1.807, 2.05) is 13.8 Å². The van der Waals surface area contributed by atoms with Crippen LogP contribution in [-0.2, 0) is 9.47 Å². The van der Waals surface area contributed by atoms with E-state index in [0.29, 0.717) is 6.61 Å². The summed E-state index contributed by atoms with van der Waals surface area (Å²) in [5.41, 5.74) is 0. The van der Waals surface area contributed by atoms with Gasteiger partial charge in [0.2, 0.25) is 0 Å². The second-order valence-electron chi connectivity index (χ2n) is 2.57. The van der Waals surface area contributed by atoms with Crippen LogP contribution in [0.2, 0.25) is 0 Å². The lowest BCUT2D eigenvalue weighted by atomic mass is 10.2. The Balaban J connectivity index is 2.31. The van der Waals surface area contributed by atoms with Crippen molar-refractivity contribution in [3.63, 3.8) is 0 Å². The Bertz CT molecular complexity index is 105. The molecule has 0 aliphatic carbocycles. The Morgan fingerprint density at radius 2 is 2.40 bits per heavy atom. The topological polar surface area (TPSA) is 38.7 Å². The first-order valence-corrected chi connectivity index (χ1v) is 3.69. The molecule has 3 atom stereocenters. The summed E-state index contributed by atoms with van der Waals surface area (Å²) in [5.74, 6) is 0. The highest BCUT2D eigenvalue weighted by atomic mass is 16.6. The lowest BCUT2D eigenvalue weighted by molar-refractivity contribution is -0.137. The van der Waals surface area contributed by atoms with Crippen molar-refractivity contribution in [1.29, 1.82) is 0 Å². The van der Waals surface area contributed by atoms with E-state index in [9.17, 15) is 0 Å². The van der Waals surface area contributed by atoms with E-state index in [1.165, 1.54) is 0 Å². The Labute approximate surface area is 60.9 Å². The van der Waals surface area contributed by atoms with Crippen LogP contribution in [0.15, 0.2) is 0 Å². The van der Waals surface area contributed by atoms with Gasteiger partial charge in [0.25, 0.3) is 0 Å². The van der Waals surface area contributed by atoms with Crippen molar-refractivity contribution in [3.05, 3.63) is 0 Å². The fourth-order valence-corrected chi connectivity index (χ4v) is 1.19.